The zero-order valence-electron chi connectivity index (χ0n) is 37.0. The van der Waals surface area contributed by atoms with Gasteiger partial charge in [0.2, 0.25) is 5.91 Å². The van der Waals surface area contributed by atoms with Crippen LogP contribution in [-0.4, -0.2) is 125 Å². The molecule has 3 aliphatic carbocycles. The van der Waals surface area contributed by atoms with Gasteiger partial charge in [-0.3, -0.25) is 38.4 Å². The van der Waals surface area contributed by atoms with E-state index in [4.69, 9.17) is 22.4 Å². The summed E-state index contributed by atoms with van der Waals surface area (Å²) in [7, 11) is 0. The summed E-state index contributed by atoms with van der Waals surface area (Å²) in [5, 5.41) is 39.6. The largest absolute Gasteiger partial charge is 0.507 e. The summed E-state index contributed by atoms with van der Waals surface area (Å²) in [6, 6.07) is 17.7. The van der Waals surface area contributed by atoms with E-state index < -0.39 is 23.8 Å². The van der Waals surface area contributed by atoms with Crippen molar-refractivity contribution in [1.82, 2.24) is 14.7 Å². The minimum atomic E-state index is -1.03. The van der Waals surface area contributed by atoms with E-state index in [-0.39, 0.29) is 72.5 Å². The normalized spacial score (nSPS) is 14.8. The number of hydrogen-bond acceptors (Lipinski definition) is 10. The van der Waals surface area contributed by atoms with Gasteiger partial charge in [0.25, 0.3) is 11.8 Å². The molecular weight excluding hydrogens is 857 g/mol. The predicted molar refractivity (Wildman–Crippen MR) is 245 cm³/mol. The summed E-state index contributed by atoms with van der Waals surface area (Å²) in [4.78, 5) is 98.1. The summed E-state index contributed by atoms with van der Waals surface area (Å²) in [6.45, 7) is 3.40. The van der Waals surface area contributed by atoms with E-state index in [1.54, 1.807) is 59.5 Å². The number of Topliss-reactive ketones (excluding diaryl/α,β-unsaturated/α-hetero) is 2. The number of thiocarbonyl (C=S) groups is 1. The fourth-order valence-electron chi connectivity index (χ4n) is 8.51. The van der Waals surface area contributed by atoms with Gasteiger partial charge in [0.15, 0.2) is 11.6 Å². The number of carbonyl (C=O) groups is 8. The highest BCUT2D eigenvalue weighted by Gasteiger charge is 2.32. The van der Waals surface area contributed by atoms with Crippen LogP contribution in [0.25, 0.3) is 0 Å². The molecule has 3 aliphatic rings. The Morgan fingerprint density at radius 3 is 1.38 bits per heavy atom. The van der Waals surface area contributed by atoms with Gasteiger partial charge in [-0.25, -0.2) is 0 Å². The lowest BCUT2D eigenvalue weighted by Crippen LogP contribution is -2.42. The van der Waals surface area contributed by atoms with Crippen LogP contribution in [0.4, 0.5) is 5.69 Å². The van der Waals surface area contributed by atoms with E-state index >= 15 is 0 Å². The first-order valence-corrected chi connectivity index (χ1v) is 22.2. The molecule has 0 atom stereocenters. The molecule has 348 valence electrons. The standard InChI is InChI=1S/C18H21NO4S.C16H20N2O4.C14H17NO4/c1-11(20)13-7-8-15(16(9-13)12(2)21)18(24)19(10-17(22)23)14-5-3-4-6-14;1-11(19)17-14-9-5-4-8-13(14)16(22)18(10-15(20)21)12-6-2-3-7-12;16-12-8-4-3-7-11(12)14(19)15(9-13(17)18)10-5-1-2-6-10/h7-9,14H,3-6,10H2,1-2H3,(H,22,23);4-5,8-9,12H,2-3,6-7,10H2,1H3,(H,17,19)(H,20,21);3-4,7-8,10,16H,1-2,5-6,9H2,(H,17,18). The van der Waals surface area contributed by atoms with Gasteiger partial charge >= 0.3 is 17.9 Å². The van der Waals surface area contributed by atoms with E-state index in [0.29, 0.717) is 32.9 Å². The number of carboxylic acid groups (broad SMARTS) is 3. The number of amides is 3. The summed E-state index contributed by atoms with van der Waals surface area (Å²) in [5.74, 6) is -4.48. The second-order valence-electron chi connectivity index (χ2n) is 16.4. The van der Waals surface area contributed by atoms with Crippen LogP contribution in [0.2, 0.25) is 0 Å². The number of aliphatic carboxylic acids is 3. The van der Waals surface area contributed by atoms with Crippen LogP contribution in [0, 0.1) is 0 Å². The summed E-state index contributed by atoms with van der Waals surface area (Å²) in [5.41, 5.74) is 2.23. The van der Waals surface area contributed by atoms with Crippen LogP contribution in [-0.2, 0) is 19.2 Å². The van der Waals surface area contributed by atoms with Crippen molar-refractivity contribution in [1.29, 1.82) is 0 Å². The maximum absolute atomic E-state index is 12.8. The number of benzene rings is 3. The van der Waals surface area contributed by atoms with Gasteiger partial charge in [0, 0.05) is 41.7 Å². The van der Waals surface area contributed by atoms with Crippen LogP contribution in [0.5, 0.6) is 5.75 Å². The highest BCUT2D eigenvalue weighted by molar-refractivity contribution is 7.80. The maximum atomic E-state index is 12.8. The Hall–Kier alpha value is -6.49. The van der Waals surface area contributed by atoms with Crippen molar-refractivity contribution in [3.05, 3.63) is 94.5 Å². The lowest BCUT2D eigenvalue weighted by molar-refractivity contribution is -0.139. The average molecular weight is 915 g/mol. The van der Waals surface area contributed by atoms with Crippen LogP contribution in [0.15, 0.2) is 66.7 Å². The molecule has 0 bridgehead atoms. The number of para-hydroxylation sites is 2. The van der Waals surface area contributed by atoms with Crippen molar-refractivity contribution in [2.45, 2.75) is 116 Å². The van der Waals surface area contributed by atoms with Crippen LogP contribution in [0.3, 0.4) is 0 Å². The number of aromatic hydroxyl groups is 1. The third-order valence-corrected chi connectivity index (χ3v) is 12.1. The van der Waals surface area contributed by atoms with Gasteiger partial charge < -0.3 is 40.4 Å². The Kier molecular flexibility index (Phi) is 19.3. The minimum Gasteiger partial charge on any atom is -0.507 e. The van der Waals surface area contributed by atoms with Gasteiger partial charge in [-0.2, -0.15) is 0 Å². The molecule has 0 unspecified atom stereocenters. The first-order valence-electron chi connectivity index (χ1n) is 21.8. The SMILES string of the molecule is CC(=O)Nc1ccccc1C(=O)N(CC(=O)O)C1CCCC1.CC(=O)c1ccc(C(=S)N(CC(=O)O)C2CCCC2)c(C(C)=O)c1.O=C(O)CN(C(=O)c1ccccc1O)C1CCCC1. The van der Waals surface area contributed by atoms with Gasteiger partial charge in [-0.05, 0) is 82.7 Å². The molecule has 3 saturated carbocycles. The lowest BCUT2D eigenvalue weighted by atomic mass is 9.98. The van der Waals surface area contributed by atoms with Gasteiger partial charge in [0.05, 0.1) is 16.8 Å². The smallest absolute Gasteiger partial charge is 0.323 e. The van der Waals surface area contributed by atoms with Crippen LogP contribution < -0.4 is 5.32 Å². The van der Waals surface area contributed by atoms with E-state index in [1.807, 2.05) is 0 Å². The quantitative estimate of drug-likeness (QED) is 0.0757. The Morgan fingerprint density at radius 2 is 0.954 bits per heavy atom. The molecule has 5 N–H and O–H groups in total. The summed E-state index contributed by atoms with van der Waals surface area (Å²) in [6.07, 6.45) is 11.2. The third kappa shape index (κ3) is 14.8. The van der Waals surface area contributed by atoms with Crippen molar-refractivity contribution in [2.75, 3.05) is 25.0 Å². The first kappa shape index (κ1) is 51.1. The zero-order chi connectivity index (χ0) is 47.8. The van der Waals surface area contributed by atoms with E-state index in [9.17, 15) is 48.6 Å². The highest BCUT2D eigenvalue weighted by atomic mass is 32.1. The molecule has 0 heterocycles. The van der Waals surface area contributed by atoms with Crippen molar-refractivity contribution in [3.8, 4) is 5.75 Å². The Morgan fingerprint density at radius 1 is 0.538 bits per heavy atom. The fraction of sp³-hybridized carbons (Fsp3) is 0.438. The Balaban J connectivity index is 0.000000215. The van der Waals surface area contributed by atoms with Crippen molar-refractivity contribution in [3.63, 3.8) is 0 Å². The number of nitrogens with one attached hydrogen (secondary N) is 1. The summed E-state index contributed by atoms with van der Waals surface area (Å²) < 4.78 is 0. The number of anilines is 1. The van der Waals surface area contributed by atoms with E-state index in [2.05, 4.69) is 5.32 Å². The molecule has 3 amide bonds. The number of carbonyl (C=O) groups excluding carboxylic acids is 5. The number of carboxylic acids is 3. The minimum absolute atomic E-state index is 0.0387. The number of rotatable bonds is 15. The molecule has 0 spiro atoms. The first-order chi connectivity index (χ1) is 30.9. The van der Waals surface area contributed by atoms with Crippen LogP contribution in [0.1, 0.15) is 145 Å². The molecule has 3 aromatic carbocycles. The Bertz CT molecular complexity index is 2250. The number of hydrogen-bond donors (Lipinski definition) is 5. The molecule has 3 aromatic rings. The van der Waals surface area contributed by atoms with Gasteiger partial charge in [0.1, 0.15) is 30.4 Å². The Labute approximate surface area is 383 Å². The molecule has 3 fully saturated rings. The molecule has 0 aliphatic heterocycles. The molecule has 0 aromatic heterocycles. The van der Waals surface area contributed by atoms with Crippen molar-refractivity contribution in [2.24, 2.45) is 0 Å². The monoisotopic (exact) mass is 914 g/mol. The van der Waals surface area contributed by atoms with E-state index in [0.717, 1.165) is 77.0 Å². The number of ketones is 2. The second-order valence-corrected chi connectivity index (χ2v) is 16.8. The molecule has 65 heavy (non-hydrogen) atoms. The van der Waals surface area contributed by atoms with Crippen LogP contribution >= 0.6 is 12.2 Å². The highest BCUT2D eigenvalue weighted by Crippen LogP contribution is 2.29. The zero-order valence-corrected chi connectivity index (χ0v) is 37.8. The maximum Gasteiger partial charge on any atom is 0.323 e. The summed E-state index contributed by atoms with van der Waals surface area (Å²) >= 11 is 5.54. The number of phenols is 1. The van der Waals surface area contributed by atoms with Crippen molar-refractivity contribution >= 4 is 70.1 Å². The van der Waals surface area contributed by atoms with Gasteiger partial charge in [-0.15, -0.1) is 0 Å². The number of nitrogens with zero attached hydrogens (tertiary/aromatic N) is 3. The average Bonchev–Trinajstić information content (AvgIpc) is 4.09. The number of phenolic OH excluding ortho intramolecular Hbond substituents is 1. The molecule has 17 heteroatoms. The van der Waals surface area contributed by atoms with E-state index in [1.165, 1.54) is 42.7 Å². The molecule has 6 rings (SSSR count). The molecule has 0 radical (unpaired) electrons. The molecule has 0 saturated heterocycles. The molecular formula is C48H58N4O12S. The fourth-order valence-corrected chi connectivity index (χ4v) is 8.90. The predicted octanol–water partition coefficient (Wildman–Crippen LogP) is 7.07. The second kappa shape index (κ2) is 24.5. The van der Waals surface area contributed by atoms with Gasteiger partial charge in [-0.1, -0.05) is 87.1 Å². The lowest BCUT2D eigenvalue weighted by Gasteiger charge is -2.30. The van der Waals surface area contributed by atoms with Crippen molar-refractivity contribution < 1.29 is 58.8 Å². The molecule has 16 nitrogen and oxygen atoms in total. The third-order valence-electron chi connectivity index (χ3n) is 11.6. The topological polar surface area (TPSA) is 239 Å².